The number of ketones is 1. The molecule has 51 heavy (non-hydrogen) atoms. The Morgan fingerprint density at radius 1 is 1.08 bits per heavy atom. The normalized spacial score (nSPS) is 23.0. The Hall–Kier alpha value is -5.41. The van der Waals surface area contributed by atoms with Crippen molar-refractivity contribution in [3.05, 3.63) is 66.0 Å². The van der Waals surface area contributed by atoms with Crippen molar-refractivity contribution < 1.29 is 32.3 Å². The average Bonchev–Trinajstić information content (AvgIpc) is 3.32. The number of aryl methyl sites for hydroxylation is 1. The molecular weight excluding hydrogens is 667 g/mol. The number of carbonyl (C=O) groups is 4. The number of halogens is 3. The maximum atomic E-state index is 14.3. The van der Waals surface area contributed by atoms with Gasteiger partial charge in [-0.2, -0.15) is 23.4 Å². The van der Waals surface area contributed by atoms with Gasteiger partial charge >= 0.3 is 6.18 Å². The highest BCUT2D eigenvalue weighted by atomic mass is 19.4. The third-order valence-corrected chi connectivity index (χ3v) is 9.81. The molecule has 1 aromatic carbocycles. The number of hydrogen-bond donors (Lipinski definition) is 2. The topological polar surface area (TPSA) is 157 Å². The smallest absolute Gasteiger partial charge is 0.355 e. The highest BCUT2D eigenvalue weighted by Gasteiger charge is 2.67. The van der Waals surface area contributed by atoms with Gasteiger partial charge in [-0.3, -0.25) is 28.5 Å². The summed E-state index contributed by atoms with van der Waals surface area (Å²) in [7, 11) is 0. The van der Waals surface area contributed by atoms with Crippen LogP contribution >= 0.6 is 0 Å². The van der Waals surface area contributed by atoms with E-state index in [1.54, 1.807) is 19.3 Å². The Morgan fingerprint density at radius 2 is 1.86 bits per heavy atom. The van der Waals surface area contributed by atoms with Gasteiger partial charge in [0.05, 0.1) is 5.52 Å². The second kappa shape index (κ2) is 13.0. The van der Waals surface area contributed by atoms with Crippen LogP contribution in [0.1, 0.15) is 60.9 Å². The Labute approximate surface area is 290 Å². The summed E-state index contributed by atoms with van der Waals surface area (Å²) < 4.78 is 40.9. The zero-order valence-corrected chi connectivity index (χ0v) is 28.0. The van der Waals surface area contributed by atoms with Gasteiger partial charge in [-0.05, 0) is 62.3 Å². The summed E-state index contributed by atoms with van der Waals surface area (Å²) in [5.41, 5.74) is 2.59. The minimum Gasteiger partial charge on any atom is -0.355 e. The second-order valence-corrected chi connectivity index (χ2v) is 13.6. The molecule has 0 radical (unpaired) electrons. The number of anilines is 1. The van der Waals surface area contributed by atoms with Crippen LogP contribution in [-0.4, -0.2) is 82.7 Å². The van der Waals surface area contributed by atoms with Crippen LogP contribution in [0.2, 0.25) is 0 Å². The molecule has 13 nitrogen and oxygen atoms in total. The number of aromatic nitrogens is 6. The predicted octanol–water partition coefficient (Wildman–Crippen LogP) is 4.16. The maximum absolute atomic E-state index is 14.3. The van der Waals surface area contributed by atoms with E-state index in [2.05, 4.69) is 30.8 Å². The van der Waals surface area contributed by atoms with Crippen molar-refractivity contribution in [1.82, 2.24) is 39.7 Å². The Morgan fingerprint density at radius 3 is 2.61 bits per heavy atom. The molecule has 2 aliphatic heterocycles. The number of benzene rings is 1. The van der Waals surface area contributed by atoms with E-state index in [1.165, 1.54) is 22.6 Å². The molecule has 3 amide bonds. The number of alkyl halides is 3. The number of carbonyl (C=O) groups excluding carboxylic acids is 4. The number of allylic oxidation sites excluding steroid dienone is 2. The molecule has 1 aliphatic carbocycles. The van der Waals surface area contributed by atoms with Gasteiger partial charge in [-0.1, -0.05) is 12.2 Å². The van der Waals surface area contributed by atoms with E-state index in [4.69, 9.17) is 0 Å². The first-order chi connectivity index (χ1) is 24.3. The molecule has 266 valence electrons. The fourth-order valence-electron chi connectivity index (χ4n) is 7.30. The molecule has 0 spiro atoms. The molecule has 5 heterocycles. The standard InChI is InChI=1S/C35H36F3N9O4/c1-20(48)31-25-12-23(24-15-39-21(2)40-16-24)11-22-7-5-3-4-6-8-29(49)41-18-34-13-26(33(51)42-28-9-10-45(43-28)19-35(36,37)38)47(27(34)14-34)30(50)17-46(44-31)32(22)25/h3,5,9-12,15-16,26-27H,4,6-8,13-14,17-19H2,1-2H3,(H,41,49)(H,42,43,51)/b5-3+/t26-,27+,34-/m0/s1. The van der Waals surface area contributed by atoms with E-state index in [1.807, 2.05) is 24.3 Å². The molecule has 3 aliphatic rings. The first kappa shape index (κ1) is 34.1. The van der Waals surface area contributed by atoms with Crippen molar-refractivity contribution in [2.24, 2.45) is 5.41 Å². The summed E-state index contributed by atoms with van der Waals surface area (Å²) in [4.78, 5) is 63.9. The first-order valence-electron chi connectivity index (χ1n) is 16.8. The SMILES string of the molecule is CC(=O)c1nn2c3c(cc(-c4cnc(C)nc4)cc13)C/C=C/CCCC(=O)NC[C@@]13C[C@@H](C(=O)Nc4ccn(CC(F)(F)F)n4)N(C(=O)C2)[C@@H]1C3. The third kappa shape index (κ3) is 6.99. The number of Topliss-reactive ketones (excluding diaryl/α,β-unsaturated/α-hetero) is 1. The number of hydrogen-bond acceptors (Lipinski definition) is 8. The molecule has 7 rings (SSSR count). The quantitative estimate of drug-likeness (QED) is 0.232. The van der Waals surface area contributed by atoms with Crippen molar-refractivity contribution >= 4 is 40.2 Å². The number of piperidine rings is 1. The van der Waals surface area contributed by atoms with E-state index in [9.17, 15) is 32.3 Å². The van der Waals surface area contributed by atoms with Gasteiger partial charge in [0.25, 0.3) is 0 Å². The van der Waals surface area contributed by atoms with Crippen LogP contribution in [0.3, 0.4) is 0 Å². The van der Waals surface area contributed by atoms with E-state index >= 15 is 0 Å². The molecular formula is C35H36F3N9O4. The maximum Gasteiger partial charge on any atom is 0.408 e. The monoisotopic (exact) mass is 703 g/mol. The molecule has 4 aromatic rings. The molecule has 3 aromatic heterocycles. The molecule has 2 bridgehead atoms. The van der Waals surface area contributed by atoms with Gasteiger partial charge in [-0.25, -0.2) is 9.97 Å². The number of nitrogens with zero attached hydrogens (tertiary/aromatic N) is 7. The summed E-state index contributed by atoms with van der Waals surface area (Å²) in [5, 5.41) is 14.6. The molecule has 2 fully saturated rings. The predicted molar refractivity (Wildman–Crippen MR) is 178 cm³/mol. The number of nitrogens with one attached hydrogen (secondary N) is 2. The van der Waals surface area contributed by atoms with Gasteiger partial charge in [0, 0.05) is 67.0 Å². The highest BCUT2D eigenvalue weighted by Crippen LogP contribution is 2.59. The summed E-state index contributed by atoms with van der Waals surface area (Å²) in [5.74, 6) is -0.896. The van der Waals surface area contributed by atoms with Gasteiger partial charge in [0.2, 0.25) is 17.7 Å². The third-order valence-electron chi connectivity index (χ3n) is 9.81. The van der Waals surface area contributed by atoms with Crippen molar-refractivity contribution in [3.8, 4) is 11.1 Å². The van der Waals surface area contributed by atoms with Crippen LogP contribution < -0.4 is 10.6 Å². The average molecular weight is 704 g/mol. The lowest BCUT2D eigenvalue weighted by molar-refractivity contribution is -0.142. The summed E-state index contributed by atoms with van der Waals surface area (Å²) >= 11 is 0. The van der Waals surface area contributed by atoms with Crippen molar-refractivity contribution in [2.75, 3.05) is 11.9 Å². The van der Waals surface area contributed by atoms with E-state index in [-0.39, 0.29) is 48.8 Å². The zero-order valence-electron chi connectivity index (χ0n) is 28.0. The minimum absolute atomic E-state index is 0.0781. The highest BCUT2D eigenvalue weighted by molar-refractivity contribution is 6.07. The Kier molecular flexibility index (Phi) is 8.71. The Balaban J connectivity index is 1.26. The molecule has 3 atom stereocenters. The van der Waals surface area contributed by atoms with Crippen molar-refractivity contribution in [3.63, 3.8) is 0 Å². The van der Waals surface area contributed by atoms with Crippen molar-refractivity contribution in [1.29, 1.82) is 0 Å². The summed E-state index contributed by atoms with van der Waals surface area (Å²) in [6.45, 7) is 1.87. The second-order valence-electron chi connectivity index (χ2n) is 13.6. The van der Waals surface area contributed by atoms with Gasteiger partial charge < -0.3 is 15.5 Å². The lowest BCUT2D eigenvalue weighted by atomic mass is 9.98. The lowest BCUT2D eigenvalue weighted by Crippen LogP contribution is -2.46. The van der Waals surface area contributed by atoms with Gasteiger partial charge in [0.1, 0.15) is 30.6 Å². The first-order valence-corrected chi connectivity index (χ1v) is 16.8. The molecule has 16 heteroatoms. The zero-order chi connectivity index (χ0) is 36.1. The fraction of sp³-hybridized carbons (Fsp3) is 0.429. The van der Waals surface area contributed by atoms with Crippen LogP contribution in [0.15, 0.2) is 48.9 Å². The van der Waals surface area contributed by atoms with E-state index in [0.717, 1.165) is 22.9 Å². The molecule has 1 saturated carbocycles. The van der Waals surface area contributed by atoms with Crippen molar-refractivity contribution in [2.45, 2.75) is 83.7 Å². The van der Waals surface area contributed by atoms with Crippen LogP contribution in [0.4, 0.5) is 19.0 Å². The minimum atomic E-state index is -4.50. The largest absolute Gasteiger partial charge is 0.408 e. The van der Waals surface area contributed by atoms with Crippen LogP contribution in [0.5, 0.6) is 0 Å². The molecule has 0 unspecified atom stereocenters. The summed E-state index contributed by atoms with van der Waals surface area (Å²) in [6, 6.07) is 3.73. The van der Waals surface area contributed by atoms with Crippen LogP contribution in [0.25, 0.3) is 22.0 Å². The van der Waals surface area contributed by atoms with E-state index < -0.39 is 36.0 Å². The number of rotatable bonds is 5. The van der Waals surface area contributed by atoms with Gasteiger partial charge in [0.15, 0.2) is 11.6 Å². The fourth-order valence-corrected chi connectivity index (χ4v) is 7.30. The van der Waals surface area contributed by atoms with Crippen LogP contribution in [-0.2, 0) is 33.9 Å². The summed E-state index contributed by atoms with van der Waals surface area (Å²) in [6.07, 6.45) is 6.88. The molecule has 1 saturated heterocycles. The molecule has 2 N–H and O–H groups in total. The lowest BCUT2D eigenvalue weighted by Gasteiger charge is -2.26. The van der Waals surface area contributed by atoms with Gasteiger partial charge in [-0.15, -0.1) is 0 Å². The number of amides is 3. The van der Waals surface area contributed by atoms with Crippen LogP contribution in [0, 0.1) is 12.3 Å². The van der Waals surface area contributed by atoms with E-state index in [0.29, 0.717) is 53.5 Å². The Bertz CT molecular complexity index is 2070.